The molecule has 0 radical (unpaired) electrons. The quantitative estimate of drug-likeness (QED) is 0.152. The van der Waals surface area contributed by atoms with Gasteiger partial charge in [-0.15, -0.1) is 0 Å². The van der Waals surface area contributed by atoms with Crippen LogP contribution in [0.5, 0.6) is 0 Å². The standard InChI is InChI=1S/C66H46N4/c1-43-28-32-45(33-29-43)49-36-38-62-55(40-49)51-20-9-12-24-59(51)69(62)61-26-14-11-22-53(61)65-54(66-67-57(47-16-5-3-6-17-47)42-58(68-66)48-18-7-4-8-19-48)23-15-27-64(65)70-60-25-13-10-21-52(60)56-41-50(37-39-63(56)70)46-34-30-44(2)31-35-46/h3-42H,1-2H3. The van der Waals surface area contributed by atoms with Gasteiger partial charge in [-0.25, -0.2) is 9.97 Å². The maximum Gasteiger partial charge on any atom is 0.161 e. The molecule has 0 amide bonds. The molecule has 330 valence electrons. The molecule has 0 atom stereocenters. The van der Waals surface area contributed by atoms with Crippen LogP contribution < -0.4 is 0 Å². The zero-order valence-electron chi connectivity index (χ0n) is 38.9. The van der Waals surface area contributed by atoms with Crippen molar-refractivity contribution in [2.45, 2.75) is 13.8 Å². The molecule has 3 aromatic heterocycles. The highest BCUT2D eigenvalue weighted by Crippen LogP contribution is 2.45. The van der Waals surface area contributed by atoms with Crippen LogP contribution in [0.25, 0.3) is 122 Å². The summed E-state index contributed by atoms with van der Waals surface area (Å²) in [5, 5.41) is 4.79. The summed E-state index contributed by atoms with van der Waals surface area (Å²) in [5.74, 6) is 0.652. The summed E-state index contributed by atoms with van der Waals surface area (Å²) in [5.41, 5.74) is 20.7. The molecule has 0 aliphatic rings. The normalized spacial score (nSPS) is 11.6. The Morgan fingerprint density at radius 3 is 1.24 bits per heavy atom. The molecule has 4 nitrogen and oxygen atoms in total. The van der Waals surface area contributed by atoms with Crippen molar-refractivity contribution >= 4 is 43.6 Å². The summed E-state index contributed by atoms with van der Waals surface area (Å²) in [6.45, 7) is 4.28. The minimum absolute atomic E-state index is 0.652. The minimum atomic E-state index is 0.652. The Kier molecular flexibility index (Phi) is 9.91. The fourth-order valence-corrected chi connectivity index (χ4v) is 10.5. The molecular formula is C66H46N4. The first kappa shape index (κ1) is 41.1. The first-order valence-electron chi connectivity index (χ1n) is 24.0. The van der Waals surface area contributed by atoms with E-state index in [9.17, 15) is 0 Å². The fraction of sp³-hybridized carbons (Fsp3) is 0.0303. The first-order valence-corrected chi connectivity index (χ1v) is 24.0. The summed E-state index contributed by atoms with van der Waals surface area (Å²) in [7, 11) is 0. The zero-order chi connectivity index (χ0) is 46.7. The molecule has 13 rings (SSSR count). The molecule has 3 heterocycles. The van der Waals surface area contributed by atoms with Crippen LogP contribution in [0.2, 0.25) is 0 Å². The van der Waals surface area contributed by atoms with Gasteiger partial charge in [-0.2, -0.15) is 0 Å². The predicted octanol–water partition coefficient (Wildman–Crippen LogP) is 17.3. The van der Waals surface area contributed by atoms with E-state index in [1.807, 2.05) is 0 Å². The van der Waals surface area contributed by atoms with Crippen molar-refractivity contribution in [3.05, 3.63) is 254 Å². The molecule has 0 N–H and O–H groups in total. The van der Waals surface area contributed by atoms with Crippen LogP contribution in [-0.2, 0) is 0 Å². The number of nitrogens with zero attached hydrogens (tertiary/aromatic N) is 4. The fourth-order valence-electron chi connectivity index (χ4n) is 10.5. The molecule has 10 aromatic carbocycles. The second-order valence-corrected chi connectivity index (χ2v) is 18.3. The summed E-state index contributed by atoms with van der Waals surface area (Å²) >= 11 is 0. The molecular weight excluding hydrogens is 849 g/mol. The van der Waals surface area contributed by atoms with Gasteiger partial charge in [-0.05, 0) is 90.7 Å². The molecule has 13 aromatic rings. The smallest absolute Gasteiger partial charge is 0.161 e. The number of para-hydroxylation sites is 3. The lowest BCUT2D eigenvalue weighted by molar-refractivity contribution is 1.15. The number of aryl methyl sites for hydroxylation is 2. The molecule has 0 unspecified atom stereocenters. The Morgan fingerprint density at radius 2 is 0.700 bits per heavy atom. The number of aromatic nitrogens is 4. The Hall–Kier alpha value is -9.12. The van der Waals surface area contributed by atoms with Crippen LogP contribution in [0.1, 0.15) is 11.1 Å². The average Bonchev–Trinajstić information content (AvgIpc) is 3.93. The van der Waals surface area contributed by atoms with Gasteiger partial charge in [0, 0.05) is 49.4 Å². The highest BCUT2D eigenvalue weighted by Gasteiger charge is 2.25. The zero-order valence-corrected chi connectivity index (χ0v) is 38.9. The lowest BCUT2D eigenvalue weighted by Crippen LogP contribution is -2.04. The van der Waals surface area contributed by atoms with Gasteiger partial charge in [-0.1, -0.05) is 199 Å². The van der Waals surface area contributed by atoms with Crippen molar-refractivity contribution in [3.8, 4) is 78.7 Å². The summed E-state index contributed by atoms with van der Waals surface area (Å²) in [6, 6.07) is 87.7. The predicted molar refractivity (Wildman–Crippen MR) is 293 cm³/mol. The van der Waals surface area contributed by atoms with Crippen molar-refractivity contribution < 1.29 is 0 Å². The Balaban J connectivity index is 1.12. The second kappa shape index (κ2) is 16.9. The number of fused-ring (bicyclic) bond motifs is 6. The average molecular weight is 895 g/mol. The van der Waals surface area contributed by atoms with Gasteiger partial charge in [0.15, 0.2) is 5.82 Å². The van der Waals surface area contributed by atoms with Crippen LogP contribution >= 0.6 is 0 Å². The monoisotopic (exact) mass is 894 g/mol. The van der Waals surface area contributed by atoms with Crippen molar-refractivity contribution in [2.24, 2.45) is 0 Å². The van der Waals surface area contributed by atoms with E-state index in [1.54, 1.807) is 0 Å². The largest absolute Gasteiger partial charge is 0.309 e. The van der Waals surface area contributed by atoms with Crippen LogP contribution in [-0.4, -0.2) is 19.1 Å². The van der Waals surface area contributed by atoms with Gasteiger partial charge in [0.2, 0.25) is 0 Å². The van der Waals surface area contributed by atoms with Crippen molar-refractivity contribution in [3.63, 3.8) is 0 Å². The number of benzene rings is 10. The third-order valence-electron chi connectivity index (χ3n) is 13.9. The van der Waals surface area contributed by atoms with Crippen LogP contribution in [0.4, 0.5) is 0 Å². The van der Waals surface area contributed by atoms with E-state index >= 15 is 0 Å². The number of hydrogen-bond acceptors (Lipinski definition) is 2. The number of rotatable bonds is 8. The molecule has 0 saturated heterocycles. The third-order valence-corrected chi connectivity index (χ3v) is 13.9. The molecule has 0 bridgehead atoms. The van der Waals surface area contributed by atoms with Gasteiger partial charge in [-0.3, -0.25) is 0 Å². The second-order valence-electron chi connectivity index (χ2n) is 18.3. The van der Waals surface area contributed by atoms with Gasteiger partial charge in [0.05, 0.1) is 44.8 Å². The van der Waals surface area contributed by atoms with E-state index < -0.39 is 0 Å². The van der Waals surface area contributed by atoms with Gasteiger partial charge in [0.1, 0.15) is 0 Å². The third kappa shape index (κ3) is 7.00. The van der Waals surface area contributed by atoms with E-state index in [0.29, 0.717) is 5.82 Å². The maximum absolute atomic E-state index is 5.49. The van der Waals surface area contributed by atoms with Crippen LogP contribution in [0.15, 0.2) is 243 Å². The van der Waals surface area contributed by atoms with E-state index in [0.717, 1.165) is 72.6 Å². The highest BCUT2D eigenvalue weighted by molar-refractivity contribution is 6.13. The molecule has 0 fully saturated rings. The Bertz CT molecular complexity index is 4050. The summed E-state index contributed by atoms with van der Waals surface area (Å²) in [4.78, 5) is 11.0. The van der Waals surface area contributed by atoms with Crippen molar-refractivity contribution in [1.29, 1.82) is 0 Å². The van der Waals surface area contributed by atoms with E-state index in [-0.39, 0.29) is 0 Å². The van der Waals surface area contributed by atoms with E-state index in [2.05, 4.69) is 266 Å². The summed E-state index contributed by atoms with van der Waals surface area (Å²) in [6.07, 6.45) is 0. The van der Waals surface area contributed by atoms with Gasteiger partial charge in [0.25, 0.3) is 0 Å². The highest BCUT2D eigenvalue weighted by atomic mass is 15.0. The van der Waals surface area contributed by atoms with E-state index in [1.165, 1.54) is 54.9 Å². The van der Waals surface area contributed by atoms with Crippen LogP contribution in [0, 0.1) is 13.8 Å². The van der Waals surface area contributed by atoms with Gasteiger partial charge < -0.3 is 9.13 Å². The lowest BCUT2D eigenvalue weighted by atomic mass is 9.94. The SMILES string of the molecule is Cc1ccc(-c2ccc3c(c2)c2ccccc2n3-c2ccccc2-c2c(-c3nc(-c4ccccc4)cc(-c4ccccc4)n3)cccc2-n2c3ccccc3c3cc(-c4ccc(C)cc4)ccc32)cc1. The maximum atomic E-state index is 5.49. The summed E-state index contributed by atoms with van der Waals surface area (Å²) < 4.78 is 4.91. The topological polar surface area (TPSA) is 35.6 Å². The van der Waals surface area contributed by atoms with E-state index in [4.69, 9.17) is 9.97 Å². The Labute approximate surface area is 407 Å². The molecule has 0 aliphatic carbocycles. The van der Waals surface area contributed by atoms with Crippen molar-refractivity contribution in [1.82, 2.24) is 19.1 Å². The molecule has 0 aliphatic heterocycles. The van der Waals surface area contributed by atoms with Gasteiger partial charge >= 0.3 is 0 Å². The number of hydrogen-bond donors (Lipinski definition) is 0. The molecule has 0 spiro atoms. The minimum Gasteiger partial charge on any atom is -0.309 e. The molecule has 0 saturated carbocycles. The molecule has 4 heteroatoms. The Morgan fingerprint density at radius 1 is 0.286 bits per heavy atom. The lowest BCUT2D eigenvalue weighted by Gasteiger charge is -2.21. The van der Waals surface area contributed by atoms with Crippen LogP contribution in [0.3, 0.4) is 0 Å². The van der Waals surface area contributed by atoms with Crippen molar-refractivity contribution in [2.75, 3.05) is 0 Å². The molecule has 70 heavy (non-hydrogen) atoms. The first-order chi connectivity index (χ1) is 34.5.